The van der Waals surface area contributed by atoms with E-state index >= 15 is 0 Å². The average Bonchev–Trinajstić information content (AvgIpc) is 2.66. The predicted octanol–water partition coefficient (Wildman–Crippen LogP) is 3.64. The Bertz CT molecular complexity index is 1280. The molecule has 4 aromatic rings. The number of aromatic nitrogens is 3. The monoisotopic (exact) mass is 381 g/mol. The van der Waals surface area contributed by atoms with Crippen LogP contribution in [0.15, 0.2) is 70.4 Å². The molecule has 27 heavy (non-hydrogen) atoms. The molecule has 0 aliphatic rings. The van der Waals surface area contributed by atoms with Gasteiger partial charge in [-0.2, -0.15) is 0 Å². The van der Waals surface area contributed by atoms with Crippen LogP contribution < -0.4 is 11.2 Å². The van der Waals surface area contributed by atoms with E-state index in [0.29, 0.717) is 11.4 Å². The zero-order valence-corrected chi connectivity index (χ0v) is 14.9. The van der Waals surface area contributed by atoms with E-state index in [1.807, 2.05) is 6.07 Å². The number of halogens is 2. The van der Waals surface area contributed by atoms with E-state index in [9.17, 15) is 14.0 Å². The number of rotatable bonds is 2. The van der Waals surface area contributed by atoms with Crippen molar-refractivity contribution in [3.8, 4) is 11.4 Å². The minimum absolute atomic E-state index is 0.0425. The second kappa shape index (κ2) is 6.48. The van der Waals surface area contributed by atoms with E-state index in [4.69, 9.17) is 11.6 Å². The molecule has 7 heteroatoms. The van der Waals surface area contributed by atoms with Gasteiger partial charge < -0.3 is 0 Å². The number of nitrogens with zero attached hydrogens (tertiary/aromatic N) is 3. The van der Waals surface area contributed by atoms with Crippen LogP contribution in [-0.4, -0.2) is 14.1 Å². The Morgan fingerprint density at radius 2 is 1.70 bits per heavy atom. The lowest BCUT2D eigenvalue weighted by molar-refractivity contribution is 0.629. The van der Waals surface area contributed by atoms with Crippen LogP contribution in [0.4, 0.5) is 4.39 Å². The minimum atomic E-state index is -0.729. The van der Waals surface area contributed by atoms with Gasteiger partial charge in [0.15, 0.2) is 0 Å². The zero-order valence-electron chi connectivity index (χ0n) is 14.2. The standard InChI is InChI=1S/C20H13ClFN3O2/c1-12-7-8-14(11-23-12)25-19(26)15-9-17(22)16(21)10-18(15)24(20(25)27)13-5-3-2-4-6-13/h2-11H,1H3. The normalized spacial score (nSPS) is 11.1. The van der Waals surface area contributed by atoms with Crippen LogP contribution >= 0.6 is 11.6 Å². The largest absolute Gasteiger partial charge is 0.340 e. The summed E-state index contributed by atoms with van der Waals surface area (Å²) in [4.78, 5) is 30.4. The fraction of sp³-hybridized carbons (Fsp3) is 0.0500. The van der Waals surface area contributed by atoms with Gasteiger partial charge in [-0.1, -0.05) is 29.8 Å². The third kappa shape index (κ3) is 2.84. The lowest BCUT2D eigenvalue weighted by Crippen LogP contribution is -2.38. The molecule has 0 unspecified atom stereocenters. The molecular weight excluding hydrogens is 369 g/mol. The highest BCUT2D eigenvalue weighted by atomic mass is 35.5. The molecular formula is C20H13ClFN3O2. The van der Waals surface area contributed by atoms with Gasteiger partial charge >= 0.3 is 5.69 Å². The average molecular weight is 382 g/mol. The van der Waals surface area contributed by atoms with Crippen LogP contribution in [0.2, 0.25) is 5.02 Å². The molecule has 0 N–H and O–H groups in total. The van der Waals surface area contributed by atoms with Crippen molar-refractivity contribution >= 4 is 22.5 Å². The van der Waals surface area contributed by atoms with E-state index in [1.54, 1.807) is 43.3 Å². The fourth-order valence-corrected chi connectivity index (χ4v) is 3.11. The highest BCUT2D eigenvalue weighted by Crippen LogP contribution is 2.22. The molecule has 134 valence electrons. The van der Waals surface area contributed by atoms with Crippen LogP contribution in [0.5, 0.6) is 0 Å². The van der Waals surface area contributed by atoms with Gasteiger partial charge in [0.1, 0.15) is 5.82 Å². The van der Waals surface area contributed by atoms with Crippen molar-refractivity contribution < 1.29 is 4.39 Å². The van der Waals surface area contributed by atoms with Crippen molar-refractivity contribution in [2.45, 2.75) is 6.92 Å². The van der Waals surface area contributed by atoms with Gasteiger partial charge in [0.25, 0.3) is 5.56 Å². The molecule has 2 heterocycles. The fourth-order valence-electron chi connectivity index (χ4n) is 2.95. The summed E-state index contributed by atoms with van der Waals surface area (Å²) < 4.78 is 16.4. The Balaban J connectivity index is 2.21. The number of pyridine rings is 1. The van der Waals surface area contributed by atoms with Gasteiger partial charge in [-0.3, -0.25) is 14.3 Å². The molecule has 2 aromatic heterocycles. The highest BCUT2D eigenvalue weighted by molar-refractivity contribution is 6.31. The van der Waals surface area contributed by atoms with E-state index < -0.39 is 17.1 Å². The number of para-hydroxylation sites is 1. The van der Waals surface area contributed by atoms with E-state index in [-0.39, 0.29) is 15.9 Å². The summed E-state index contributed by atoms with van der Waals surface area (Å²) in [6, 6.07) is 14.4. The molecule has 5 nitrogen and oxygen atoms in total. The Hall–Kier alpha value is -3.25. The van der Waals surface area contributed by atoms with Crippen LogP contribution in [0.3, 0.4) is 0 Å². The molecule has 0 saturated heterocycles. The van der Waals surface area contributed by atoms with Gasteiger partial charge in [0.05, 0.1) is 33.5 Å². The quantitative estimate of drug-likeness (QED) is 0.532. The number of aryl methyl sites for hydroxylation is 1. The molecule has 0 fully saturated rings. The van der Waals surface area contributed by atoms with Gasteiger partial charge in [-0.25, -0.2) is 13.8 Å². The molecule has 0 amide bonds. The van der Waals surface area contributed by atoms with Crippen molar-refractivity contribution in [3.05, 3.63) is 98.2 Å². The summed E-state index contributed by atoms with van der Waals surface area (Å²) >= 11 is 5.92. The number of hydrogen-bond acceptors (Lipinski definition) is 3. The maximum Gasteiger partial charge on any atom is 0.340 e. The van der Waals surface area contributed by atoms with E-state index in [2.05, 4.69) is 4.98 Å². The summed E-state index contributed by atoms with van der Waals surface area (Å²) in [6.45, 7) is 1.80. The molecule has 4 rings (SSSR count). The zero-order chi connectivity index (χ0) is 19.1. The Morgan fingerprint density at radius 1 is 0.963 bits per heavy atom. The summed E-state index contributed by atoms with van der Waals surface area (Å²) in [5.41, 5.74) is 0.588. The summed E-state index contributed by atoms with van der Waals surface area (Å²) in [5.74, 6) is -0.729. The van der Waals surface area contributed by atoms with E-state index in [0.717, 1.165) is 16.3 Å². The molecule has 0 atom stereocenters. The minimum Gasteiger partial charge on any atom is -0.268 e. The molecule has 0 saturated carbocycles. The van der Waals surface area contributed by atoms with Gasteiger partial charge in [0.2, 0.25) is 0 Å². The van der Waals surface area contributed by atoms with Crippen molar-refractivity contribution in [2.75, 3.05) is 0 Å². The lowest BCUT2D eigenvalue weighted by Gasteiger charge is -2.14. The SMILES string of the molecule is Cc1ccc(-n2c(=O)c3cc(F)c(Cl)cc3n(-c3ccccc3)c2=O)cn1. The third-order valence-electron chi connectivity index (χ3n) is 4.26. The maximum absolute atomic E-state index is 14.1. The third-order valence-corrected chi connectivity index (χ3v) is 4.55. The number of benzene rings is 2. The first-order valence-corrected chi connectivity index (χ1v) is 8.50. The molecule has 0 aliphatic carbocycles. The predicted molar refractivity (Wildman–Crippen MR) is 103 cm³/mol. The van der Waals surface area contributed by atoms with Crippen LogP contribution in [-0.2, 0) is 0 Å². The first-order valence-electron chi connectivity index (χ1n) is 8.12. The first kappa shape index (κ1) is 17.2. The Morgan fingerprint density at radius 3 is 2.37 bits per heavy atom. The molecule has 0 bridgehead atoms. The molecule has 0 radical (unpaired) electrons. The van der Waals surface area contributed by atoms with Crippen LogP contribution in [0, 0.1) is 12.7 Å². The molecule has 2 aromatic carbocycles. The summed E-state index contributed by atoms with van der Waals surface area (Å²) in [6.07, 6.45) is 1.44. The van der Waals surface area contributed by atoms with Crippen LogP contribution in [0.25, 0.3) is 22.3 Å². The van der Waals surface area contributed by atoms with E-state index in [1.165, 1.54) is 16.8 Å². The molecule has 0 aliphatic heterocycles. The topological polar surface area (TPSA) is 56.9 Å². The summed E-state index contributed by atoms with van der Waals surface area (Å²) in [7, 11) is 0. The van der Waals surface area contributed by atoms with Gasteiger partial charge in [-0.15, -0.1) is 0 Å². The second-order valence-electron chi connectivity index (χ2n) is 6.04. The second-order valence-corrected chi connectivity index (χ2v) is 6.44. The number of hydrogen-bond donors (Lipinski definition) is 0. The highest BCUT2D eigenvalue weighted by Gasteiger charge is 2.18. The van der Waals surface area contributed by atoms with Crippen molar-refractivity contribution in [1.29, 1.82) is 0 Å². The van der Waals surface area contributed by atoms with Crippen molar-refractivity contribution in [3.63, 3.8) is 0 Å². The first-order chi connectivity index (χ1) is 13.0. The lowest BCUT2D eigenvalue weighted by atomic mass is 10.2. The van der Waals surface area contributed by atoms with Gasteiger partial charge in [-0.05, 0) is 43.3 Å². The smallest absolute Gasteiger partial charge is 0.268 e. The number of fused-ring (bicyclic) bond motifs is 1. The Labute approximate surface area is 157 Å². The Kier molecular flexibility index (Phi) is 4.12. The van der Waals surface area contributed by atoms with Crippen molar-refractivity contribution in [1.82, 2.24) is 14.1 Å². The molecule has 0 spiro atoms. The van der Waals surface area contributed by atoms with Crippen LogP contribution in [0.1, 0.15) is 5.69 Å². The summed E-state index contributed by atoms with van der Waals surface area (Å²) in [5, 5.41) is -0.123. The van der Waals surface area contributed by atoms with Gasteiger partial charge in [0, 0.05) is 5.69 Å². The maximum atomic E-state index is 14.1. The van der Waals surface area contributed by atoms with Crippen molar-refractivity contribution in [2.24, 2.45) is 0 Å².